The molecular weight excluding hydrogens is 258 g/mol. The largest absolute Gasteiger partial charge is 0.494 e. The van der Waals surface area contributed by atoms with Crippen molar-refractivity contribution in [1.29, 1.82) is 5.26 Å². The van der Waals surface area contributed by atoms with Crippen molar-refractivity contribution >= 4 is 11.8 Å². The number of ether oxygens (including phenoxy) is 2. The zero-order chi connectivity index (χ0) is 14.1. The van der Waals surface area contributed by atoms with Crippen LogP contribution in [0.15, 0.2) is 18.2 Å². The van der Waals surface area contributed by atoms with Gasteiger partial charge in [-0.15, -0.1) is 0 Å². The minimum absolute atomic E-state index is 0.431. The molecule has 0 aliphatic carbocycles. The second-order valence-corrected chi connectivity index (χ2v) is 5.15. The monoisotopic (exact) mass is 279 g/mol. The van der Waals surface area contributed by atoms with Gasteiger partial charge in [-0.2, -0.15) is 5.26 Å². The third-order valence-corrected chi connectivity index (χ3v) is 3.51. The van der Waals surface area contributed by atoms with E-state index in [9.17, 15) is 0 Å². The first kappa shape index (κ1) is 15.7. The summed E-state index contributed by atoms with van der Waals surface area (Å²) in [7, 11) is 0. The van der Waals surface area contributed by atoms with Crippen LogP contribution in [0.2, 0.25) is 0 Å². The van der Waals surface area contributed by atoms with Gasteiger partial charge in [0.1, 0.15) is 16.9 Å². The second-order valence-electron chi connectivity index (χ2n) is 4.35. The van der Waals surface area contributed by atoms with Gasteiger partial charge in [-0.05, 0) is 61.7 Å². The summed E-state index contributed by atoms with van der Waals surface area (Å²) in [6.07, 6.45) is 0.894. The molecule has 0 bridgehead atoms. The van der Waals surface area contributed by atoms with Crippen LogP contribution in [0.4, 0.5) is 0 Å². The van der Waals surface area contributed by atoms with Gasteiger partial charge in [-0.25, -0.2) is 0 Å². The Hall–Kier alpha value is -1.34. The summed E-state index contributed by atoms with van der Waals surface area (Å²) in [5.74, 6) is 3.06. The molecule has 0 heterocycles. The minimum atomic E-state index is 0.431. The maximum absolute atomic E-state index is 8.60. The highest BCUT2D eigenvalue weighted by atomic mass is 32.2. The number of nitriles is 1. The van der Waals surface area contributed by atoms with Crippen LogP contribution < -0.4 is 9.47 Å². The predicted molar refractivity (Wildman–Crippen MR) is 79.7 cm³/mol. The predicted octanol–water partition coefficient (Wildman–Crippen LogP) is 3.88. The van der Waals surface area contributed by atoms with Crippen molar-refractivity contribution in [2.45, 2.75) is 27.2 Å². The van der Waals surface area contributed by atoms with Crippen molar-refractivity contribution in [2.24, 2.45) is 5.92 Å². The van der Waals surface area contributed by atoms with E-state index in [0.29, 0.717) is 19.1 Å². The van der Waals surface area contributed by atoms with E-state index in [4.69, 9.17) is 14.7 Å². The fourth-order valence-electron chi connectivity index (χ4n) is 1.88. The van der Waals surface area contributed by atoms with Crippen LogP contribution in [0.25, 0.3) is 0 Å². The molecule has 0 saturated carbocycles. The number of rotatable bonds is 8. The highest BCUT2D eigenvalue weighted by Crippen LogP contribution is 2.27. The Balaban J connectivity index is 2.81. The van der Waals surface area contributed by atoms with Crippen LogP contribution in [0.3, 0.4) is 0 Å². The number of nitrogens with zero attached hydrogens (tertiary/aromatic N) is 1. The number of benzene rings is 1. The van der Waals surface area contributed by atoms with E-state index in [1.165, 1.54) is 11.8 Å². The van der Waals surface area contributed by atoms with Gasteiger partial charge in [0.25, 0.3) is 0 Å². The Morgan fingerprint density at radius 2 is 2.00 bits per heavy atom. The first-order valence-electron chi connectivity index (χ1n) is 6.60. The summed E-state index contributed by atoms with van der Waals surface area (Å²) in [5.41, 5.74) is 1.15. The van der Waals surface area contributed by atoms with Crippen LogP contribution in [-0.2, 0) is 6.42 Å². The van der Waals surface area contributed by atoms with Crippen LogP contribution in [0, 0.1) is 16.6 Å². The molecule has 0 spiro atoms. The van der Waals surface area contributed by atoms with E-state index in [-0.39, 0.29) is 0 Å². The van der Waals surface area contributed by atoms with Crippen molar-refractivity contribution < 1.29 is 9.47 Å². The Labute approximate surface area is 119 Å². The zero-order valence-electron chi connectivity index (χ0n) is 11.8. The molecule has 1 rings (SSSR count). The van der Waals surface area contributed by atoms with Gasteiger partial charge >= 0.3 is 0 Å². The molecule has 3 nitrogen and oxygen atoms in total. The molecule has 0 aliphatic rings. The van der Waals surface area contributed by atoms with Gasteiger partial charge in [0, 0.05) is 5.75 Å². The van der Waals surface area contributed by atoms with Gasteiger partial charge in [0.2, 0.25) is 0 Å². The molecule has 1 unspecified atom stereocenters. The molecule has 1 aromatic carbocycles. The fourth-order valence-corrected chi connectivity index (χ4v) is 2.36. The minimum Gasteiger partial charge on any atom is -0.494 e. The zero-order valence-corrected chi connectivity index (χ0v) is 12.6. The Kier molecular flexibility index (Phi) is 7.20. The van der Waals surface area contributed by atoms with Crippen LogP contribution >= 0.6 is 11.8 Å². The lowest BCUT2D eigenvalue weighted by Crippen LogP contribution is -2.06. The third-order valence-electron chi connectivity index (χ3n) is 2.64. The average molecular weight is 279 g/mol. The lowest BCUT2D eigenvalue weighted by molar-refractivity contribution is 0.326. The van der Waals surface area contributed by atoms with Gasteiger partial charge < -0.3 is 9.47 Å². The summed E-state index contributed by atoms with van der Waals surface area (Å²) >= 11 is 1.30. The van der Waals surface area contributed by atoms with Crippen LogP contribution in [0.5, 0.6) is 11.5 Å². The van der Waals surface area contributed by atoms with E-state index in [1.54, 1.807) is 0 Å². The van der Waals surface area contributed by atoms with Gasteiger partial charge in [0.15, 0.2) is 0 Å². The molecule has 0 amide bonds. The number of thioether (sulfide) groups is 1. The molecule has 1 aromatic rings. The first-order valence-corrected chi connectivity index (χ1v) is 7.59. The summed E-state index contributed by atoms with van der Waals surface area (Å²) in [6.45, 7) is 7.42. The number of hydrogen-bond donors (Lipinski definition) is 0. The lowest BCUT2D eigenvalue weighted by atomic mass is 10.0. The van der Waals surface area contributed by atoms with Crippen molar-refractivity contribution in [3.05, 3.63) is 23.8 Å². The Bertz CT molecular complexity index is 429. The highest BCUT2D eigenvalue weighted by molar-refractivity contribution is 8.03. The van der Waals surface area contributed by atoms with Crippen molar-refractivity contribution in [1.82, 2.24) is 0 Å². The summed E-state index contributed by atoms with van der Waals surface area (Å²) < 4.78 is 11.2. The van der Waals surface area contributed by atoms with Crippen LogP contribution in [0.1, 0.15) is 26.3 Å². The van der Waals surface area contributed by atoms with Crippen molar-refractivity contribution in [3.8, 4) is 16.9 Å². The summed E-state index contributed by atoms with van der Waals surface area (Å²) in [5, 5.41) is 10.7. The van der Waals surface area contributed by atoms with E-state index in [1.807, 2.05) is 32.0 Å². The molecule has 0 N–H and O–H groups in total. The third kappa shape index (κ3) is 5.44. The lowest BCUT2D eigenvalue weighted by Gasteiger charge is -2.15. The first-order chi connectivity index (χ1) is 9.21. The molecule has 0 aliphatic heterocycles. The Morgan fingerprint density at radius 1 is 1.26 bits per heavy atom. The molecule has 4 heteroatoms. The average Bonchev–Trinajstić information content (AvgIpc) is 2.40. The standard InChI is InChI=1S/C15H21NO2S/c1-4-17-14-6-7-15(18-5-2)13(9-14)8-12(3)10-19-11-16/h6-7,9,12H,4-5,8,10H2,1-3H3. The maximum atomic E-state index is 8.60. The molecule has 0 aromatic heterocycles. The molecule has 1 atom stereocenters. The van der Waals surface area contributed by atoms with Gasteiger partial charge in [-0.3, -0.25) is 0 Å². The summed E-state index contributed by atoms with van der Waals surface area (Å²) in [6, 6.07) is 5.95. The van der Waals surface area contributed by atoms with Crippen molar-refractivity contribution in [3.63, 3.8) is 0 Å². The molecule has 0 saturated heterocycles. The van der Waals surface area contributed by atoms with Gasteiger partial charge in [-0.1, -0.05) is 6.92 Å². The highest BCUT2D eigenvalue weighted by Gasteiger charge is 2.10. The molecule has 104 valence electrons. The summed E-state index contributed by atoms with van der Waals surface area (Å²) in [4.78, 5) is 0. The van der Waals surface area contributed by atoms with E-state index in [0.717, 1.165) is 29.2 Å². The van der Waals surface area contributed by atoms with Crippen molar-refractivity contribution in [2.75, 3.05) is 19.0 Å². The molecule has 19 heavy (non-hydrogen) atoms. The smallest absolute Gasteiger partial charge is 0.133 e. The van der Waals surface area contributed by atoms with E-state index >= 15 is 0 Å². The molecule has 0 radical (unpaired) electrons. The number of hydrogen-bond acceptors (Lipinski definition) is 4. The maximum Gasteiger partial charge on any atom is 0.133 e. The van der Waals surface area contributed by atoms with E-state index < -0.39 is 0 Å². The van der Waals surface area contributed by atoms with Crippen LogP contribution in [-0.4, -0.2) is 19.0 Å². The second kappa shape index (κ2) is 8.71. The molecule has 0 fully saturated rings. The fraction of sp³-hybridized carbons (Fsp3) is 0.533. The Morgan fingerprint density at radius 3 is 2.63 bits per heavy atom. The SMILES string of the molecule is CCOc1ccc(OCC)c(CC(C)CSC#N)c1. The normalized spacial score (nSPS) is 11.7. The topological polar surface area (TPSA) is 42.2 Å². The van der Waals surface area contributed by atoms with Gasteiger partial charge in [0.05, 0.1) is 13.2 Å². The molecular formula is C15H21NO2S. The number of thiocyanates is 1. The van der Waals surface area contributed by atoms with E-state index in [2.05, 4.69) is 12.3 Å². The quantitative estimate of drug-likeness (QED) is 0.677.